The van der Waals surface area contributed by atoms with E-state index in [0.29, 0.717) is 31.8 Å². The molecule has 2 aliphatic carbocycles. The van der Waals surface area contributed by atoms with E-state index in [2.05, 4.69) is 5.32 Å². The molecule has 0 unspecified atom stereocenters. The Kier molecular flexibility index (Phi) is 7.14. The predicted octanol–water partition coefficient (Wildman–Crippen LogP) is 3.86. The first-order valence-corrected chi connectivity index (χ1v) is 11.2. The van der Waals surface area contributed by atoms with E-state index in [0.717, 1.165) is 49.8 Å². The zero-order chi connectivity index (χ0) is 20.9. The molecule has 160 valence electrons. The summed E-state index contributed by atoms with van der Waals surface area (Å²) >= 11 is 0. The lowest BCUT2D eigenvalue weighted by Crippen LogP contribution is -2.53. The number of aryl methyl sites for hydroxylation is 1. The van der Waals surface area contributed by atoms with Crippen molar-refractivity contribution in [1.82, 2.24) is 9.88 Å². The van der Waals surface area contributed by atoms with Gasteiger partial charge in [0.25, 0.3) is 17.9 Å². The second-order valence-corrected chi connectivity index (χ2v) is 8.68. The predicted molar refractivity (Wildman–Crippen MR) is 112 cm³/mol. The maximum atomic E-state index is 13.3. The van der Waals surface area contributed by atoms with Crippen molar-refractivity contribution in [2.75, 3.05) is 0 Å². The van der Waals surface area contributed by atoms with Crippen LogP contribution in [0.5, 0.6) is 0 Å². The van der Waals surface area contributed by atoms with Crippen molar-refractivity contribution in [3.8, 4) is 0 Å². The highest BCUT2D eigenvalue weighted by molar-refractivity contribution is 5.94. The van der Waals surface area contributed by atoms with Crippen molar-refractivity contribution in [3.05, 3.63) is 33.2 Å². The second-order valence-electron chi connectivity index (χ2n) is 8.68. The lowest BCUT2D eigenvalue weighted by atomic mass is 9.89. The molecule has 3 rings (SSSR count). The highest BCUT2D eigenvalue weighted by Gasteiger charge is 2.36. The van der Waals surface area contributed by atoms with Crippen LogP contribution in [-0.4, -0.2) is 22.7 Å². The zero-order valence-electron chi connectivity index (χ0n) is 17.8. The smallest absolute Gasteiger partial charge is 0.295 e. The van der Waals surface area contributed by atoms with Gasteiger partial charge in [-0.2, -0.15) is 0 Å². The molecule has 0 spiro atoms. The van der Waals surface area contributed by atoms with Gasteiger partial charge in [-0.25, -0.2) is 0 Å². The number of ether oxygens (including phenoxy) is 1. The van der Waals surface area contributed by atoms with E-state index in [-0.39, 0.29) is 11.1 Å². The number of nitrogens with zero attached hydrogens (tertiary/aromatic N) is 1. The quantitative estimate of drug-likeness (QED) is 0.555. The number of hydrogen-bond acceptors (Lipinski definition) is 4. The number of pyridine rings is 1. The monoisotopic (exact) mass is 402 g/mol. The Hall–Kier alpha value is -2.11. The van der Waals surface area contributed by atoms with Gasteiger partial charge < -0.3 is 14.6 Å². The molecule has 1 heterocycles. The summed E-state index contributed by atoms with van der Waals surface area (Å²) in [5.41, 5.74) is 0.896. The van der Waals surface area contributed by atoms with Crippen LogP contribution in [-0.2, 0) is 22.5 Å². The zero-order valence-corrected chi connectivity index (χ0v) is 17.8. The number of hydrogen-bond donors (Lipinski definition) is 1. The van der Waals surface area contributed by atoms with Crippen LogP contribution >= 0.6 is 0 Å². The number of carbonyl (C=O) groups is 2. The Bertz CT molecular complexity index is 787. The molecule has 0 saturated heterocycles. The second kappa shape index (κ2) is 9.59. The van der Waals surface area contributed by atoms with E-state index in [1.807, 2.05) is 18.4 Å². The number of amides is 1. The molecule has 0 radical (unpaired) electrons. The van der Waals surface area contributed by atoms with Gasteiger partial charge in [0.15, 0.2) is 5.72 Å². The summed E-state index contributed by atoms with van der Waals surface area (Å²) in [5.74, 6) is 0.0504. The summed E-state index contributed by atoms with van der Waals surface area (Å²) in [5, 5.41) is 2.88. The topological polar surface area (TPSA) is 77.4 Å². The average molecular weight is 403 g/mol. The van der Waals surface area contributed by atoms with Crippen LogP contribution in [0.15, 0.2) is 10.9 Å². The SMILES string of the molecule is CCc1c(C)cc(C(=O)NC2(OC=O)CCCCC2)c(=O)n1CC1CCCCC1. The molecule has 1 N–H and O–H groups in total. The Morgan fingerprint density at radius 1 is 1.21 bits per heavy atom. The van der Waals surface area contributed by atoms with Crippen molar-refractivity contribution >= 4 is 12.4 Å². The van der Waals surface area contributed by atoms with Crippen LogP contribution in [0.25, 0.3) is 0 Å². The first-order chi connectivity index (χ1) is 14.0. The first-order valence-electron chi connectivity index (χ1n) is 11.2. The Morgan fingerprint density at radius 2 is 1.86 bits per heavy atom. The standard InChI is InChI=1S/C23H34N2O4/c1-3-20-17(2)14-19(22(28)25(20)15-18-10-6-4-7-11-18)21(27)24-23(29-16-26)12-8-5-9-13-23/h14,16,18H,3-13,15H2,1-2H3,(H,24,27). The summed E-state index contributed by atoms with van der Waals surface area (Å²) in [6, 6.07) is 1.70. The molecule has 2 aliphatic rings. The van der Waals surface area contributed by atoms with Crippen LogP contribution in [0.1, 0.15) is 92.7 Å². The number of carbonyl (C=O) groups excluding carboxylic acids is 2. The normalized spacial score (nSPS) is 19.5. The third-order valence-corrected chi connectivity index (χ3v) is 6.64. The van der Waals surface area contributed by atoms with E-state index in [9.17, 15) is 14.4 Å². The largest absolute Gasteiger partial charge is 0.441 e. The molecule has 0 aliphatic heterocycles. The van der Waals surface area contributed by atoms with Gasteiger partial charge in [0.1, 0.15) is 5.56 Å². The van der Waals surface area contributed by atoms with Gasteiger partial charge in [0.05, 0.1) is 0 Å². The fraction of sp³-hybridized carbons (Fsp3) is 0.696. The lowest BCUT2D eigenvalue weighted by molar-refractivity contribution is -0.149. The number of aromatic nitrogens is 1. The van der Waals surface area contributed by atoms with E-state index in [1.165, 1.54) is 19.3 Å². The molecule has 0 atom stereocenters. The molecule has 1 aromatic rings. The van der Waals surface area contributed by atoms with Gasteiger partial charge in [-0.3, -0.25) is 14.4 Å². The van der Waals surface area contributed by atoms with Crippen molar-refractivity contribution < 1.29 is 14.3 Å². The third kappa shape index (κ3) is 4.90. The number of rotatable bonds is 7. The van der Waals surface area contributed by atoms with Crippen LogP contribution in [0, 0.1) is 12.8 Å². The molecule has 0 bridgehead atoms. The summed E-state index contributed by atoms with van der Waals surface area (Å²) in [6.45, 7) is 5.09. The van der Waals surface area contributed by atoms with Crippen molar-refractivity contribution in [2.24, 2.45) is 5.92 Å². The first kappa shape index (κ1) is 21.6. The van der Waals surface area contributed by atoms with E-state index >= 15 is 0 Å². The van der Waals surface area contributed by atoms with Crippen LogP contribution < -0.4 is 10.9 Å². The average Bonchev–Trinajstić information content (AvgIpc) is 2.72. The minimum Gasteiger partial charge on any atom is -0.441 e. The van der Waals surface area contributed by atoms with Gasteiger partial charge in [-0.05, 0) is 56.6 Å². The van der Waals surface area contributed by atoms with Crippen LogP contribution in [0.3, 0.4) is 0 Å². The summed E-state index contributed by atoms with van der Waals surface area (Å²) in [7, 11) is 0. The van der Waals surface area contributed by atoms with Crippen LogP contribution in [0.4, 0.5) is 0 Å². The fourth-order valence-electron chi connectivity index (χ4n) is 5.06. The molecule has 2 saturated carbocycles. The van der Waals surface area contributed by atoms with Crippen LogP contribution in [0.2, 0.25) is 0 Å². The molecule has 1 aromatic heterocycles. The molecule has 29 heavy (non-hydrogen) atoms. The van der Waals surface area contributed by atoms with Gasteiger partial charge in [0, 0.05) is 25.1 Å². The molecule has 6 heteroatoms. The molecule has 2 fully saturated rings. The Labute approximate surface area is 173 Å². The highest BCUT2D eigenvalue weighted by atomic mass is 16.6. The summed E-state index contributed by atoms with van der Waals surface area (Å²) in [6.07, 6.45) is 10.7. The summed E-state index contributed by atoms with van der Waals surface area (Å²) < 4.78 is 7.14. The van der Waals surface area contributed by atoms with Crippen molar-refractivity contribution in [1.29, 1.82) is 0 Å². The highest BCUT2D eigenvalue weighted by Crippen LogP contribution is 2.29. The van der Waals surface area contributed by atoms with Gasteiger partial charge in [0.2, 0.25) is 0 Å². The maximum absolute atomic E-state index is 13.3. The van der Waals surface area contributed by atoms with E-state index in [1.54, 1.807) is 6.07 Å². The third-order valence-electron chi connectivity index (χ3n) is 6.64. The Balaban J connectivity index is 1.90. The maximum Gasteiger partial charge on any atom is 0.295 e. The fourth-order valence-corrected chi connectivity index (χ4v) is 5.06. The molecule has 6 nitrogen and oxygen atoms in total. The number of nitrogens with one attached hydrogen (secondary N) is 1. The van der Waals surface area contributed by atoms with E-state index in [4.69, 9.17) is 4.74 Å². The summed E-state index contributed by atoms with van der Waals surface area (Å²) in [4.78, 5) is 37.4. The Morgan fingerprint density at radius 3 is 2.48 bits per heavy atom. The minimum absolute atomic E-state index is 0.148. The van der Waals surface area contributed by atoms with Gasteiger partial charge >= 0.3 is 0 Å². The van der Waals surface area contributed by atoms with Crippen molar-refractivity contribution in [3.63, 3.8) is 0 Å². The lowest BCUT2D eigenvalue weighted by Gasteiger charge is -2.36. The minimum atomic E-state index is -0.991. The molecular formula is C23H34N2O4. The molecule has 0 aromatic carbocycles. The van der Waals surface area contributed by atoms with Gasteiger partial charge in [-0.1, -0.05) is 32.6 Å². The van der Waals surface area contributed by atoms with Crippen molar-refractivity contribution in [2.45, 2.75) is 96.7 Å². The van der Waals surface area contributed by atoms with E-state index < -0.39 is 11.6 Å². The molecule has 1 amide bonds. The molecular weight excluding hydrogens is 368 g/mol. The van der Waals surface area contributed by atoms with Gasteiger partial charge in [-0.15, -0.1) is 0 Å².